The summed E-state index contributed by atoms with van der Waals surface area (Å²) in [5.41, 5.74) is 7.01. The van der Waals surface area contributed by atoms with Gasteiger partial charge in [-0.3, -0.25) is 4.79 Å². The minimum atomic E-state index is 0.0629. The third kappa shape index (κ3) is 3.58. The molecular weight excluding hydrogens is 392 g/mol. The van der Waals surface area contributed by atoms with E-state index in [-0.39, 0.29) is 5.91 Å². The summed E-state index contributed by atoms with van der Waals surface area (Å²) in [7, 11) is 0. The van der Waals surface area contributed by atoms with Crippen LogP contribution in [0, 0.1) is 0 Å². The largest absolute Gasteiger partial charge is 0.311 e. The molecule has 1 amide bonds. The van der Waals surface area contributed by atoms with Crippen LogP contribution in [0.3, 0.4) is 0 Å². The summed E-state index contributed by atoms with van der Waals surface area (Å²) >= 11 is 0. The van der Waals surface area contributed by atoms with Crippen molar-refractivity contribution in [1.82, 2.24) is 0 Å². The molecule has 3 heteroatoms. The highest BCUT2D eigenvalue weighted by molar-refractivity contribution is 6.35. The van der Waals surface area contributed by atoms with Gasteiger partial charge >= 0.3 is 0 Å². The molecule has 1 aliphatic heterocycles. The second-order valence-electron chi connectivity index (χ2n) is 7.72. The minimum Gasteiger partial charge on any atom is -0.311 e. The lowest BCUT2D eigenvalue weighted by atomic mass is 10.0. The van der Waals surface area contributed by atoms with Gasteiger partial charge in [-0.1, -0.05) is 66.7 Å². The van der Waals surface area contributed by atoms with Gasteiger partial charge in [0.1, 0.15) is 0 Å². The van der Waals surface area contributed by atoms with Gasteiger partial charge in [0.15, 0.2) is 0 Å². The van der Waals surface area contributed by atoms with Crippen LogP contribution in [0.15, 0.2) is 109 Å². The number of para-hydroxylation sites is 3. The Kier molecular flexibility index (Phi) is 5.30. The van der Waals surface area contributed by atoms with Gasteiger partial charge in [-0.2, -0.15) is 0 Å². The van der Waals surface area contributed by atoms with Crippen molar-refractivity contribution in [2.45, 2.75) is 6.92 Å². The predicted molar refractivity (Wildman–Crippen MR) is 133 cm³/mol. The van der Waals surface area contributed by atoms with Crippen molar-refractivity contribution in [3.63, 3.8) is 0 Å². The molecule has 0 aromatic heterocycles. The summed E-state index contributed by atoms with van der Waals surface area (Å²) in [5, 5.41) is 0. The maximum absolute atomic E-state index is 13.0. The van der Waals surface area contributed by atoms with E-state index < -0.39 is 0 Å². The first-order chi connectivity index (χ1) is 15.8. The summed E-state index contributed by atoms with van der Waals surface area (Å²) in [6, 6.07) is 37.0. The Labute approximate surface area is 188 Å². The minimum absolute atomic E-state index is 0.0629. The van der Waals surface area contributed by atoms with Crippen LogP contribution in [0.2, 0.25) is 0 Å². The van der Waals surface area contributed by atoms with Gasteiger partial charge in [0.05, 0.1) is 5.69 Å². The van der Waals surface area contributed by atoms with Gasteiger partial charge in [-0.05, 0) is 61.0 Å². The lowest BCUT2D eigenvalue weighted by Crippen LogP contribution is -2.25. The molecule has 4 aromatic rings. The van der Waals surface area contributed by atoms with E-state index in [9.17, 15) is 4.79 Å². The van der Waals surface area contributed by atoms with E-state index in [1.54, 1.807) is 0 Å². The number of benzene rings is 4. The molecule has 0 saturated carbocycles. The fourth-order valence-corrected chi connectivity index (χ4v) is 4.25. The maximum Gasteiger partial charge on any atom is 0.258 e. The Bertz CT molecular complexity index is 1220. The molecule has 0 spiro atoms. The monoisotopic (exact) mass is 416 g/mol. The first-order valence-electron chi connectivity index (χ1n) is 10.9. The quantitative estimate of drug-likeness (QED) is 0.325. The van der Waals surface area contributed by atoms with Crippen LogP contribution in [0.4, 0.5) is 22.7 Å². The SMILES string of the molecule is CCN1C(=O)/C(=C\c2ccc(N(c3ccccc3)c3ccccc3)cc2)c2ccccc21. The van der Waals surface area contributed by atoms with Crippen LogP contribution < -0.4 is 9.80 Å². The van der Waals surface area contributed by atoms with Crippen LogP contribution in [0.5, 0.6) is 0 Å². The van der Waals surface area contributed by atoms with Crippen molar-refractivity contribution in [3.05, 3.63) is 120 Å². The zero-order valence-corrected chi connectivity index (χ0v) is 18.0. The summed E-state index contributed by atoms with van der Waals surface area (Å²) in [4.78, 5) is 17.1. The van der Waals surface area contributed by atoms with E-state index in [1.165, 1.54) is 0 Å². The summed E-state index contributed by atoms with van der Waals surface area (Å²) in [5.74, 6) is 0.0629. The number of fused-ring (bicyclic) bond motifs is 1. The molecule has 156 valence electrons. The van der Waals surface area contributed by atoms with Crippen molar-refractivity contribution in [3.8, 4) is 0 Å². The Hall–Kier alpha value is -4.11. The first-order valence-corrected chi connectivity index (χ1v) is 10.9. The number of amides is 1. The summed E-state index contributed by atoms with van der Waals surface area (Å²) < 4.78 is 0. The zero-order valence-electron chi connectivity index (χ0n) is 18.0. The van der Waals surface area contributed by atoms with E-state index in [0.29, 0.717) is 6.54 Å². The second kappa shape index (κ2) is 8.56. The molecule has 0 fully saturated rings. The normalized spacial score (nSPS) is 14.0. The molecule has 0 atom stereocenters. The lowest BCUT2D eigenvalue weighted by Gasteiger charge is -2.25. The molecule has 32 heavy (non-hydrogen) atoms. The molecule has 5 rings (SSSR count). The van der Waals surface area contributed by atoms with Gasteiger partial charge in [0.2, 0.25) is 0 Å². The van der Waals surface area contributed by atoms with Crippen LogP contribution in [-0.2, 0) is 4.79 Å². The number of nitrogens with zero attached hydrogens (tertiary/aromatic N) is 2. The summed E-state index contributed by atoms with van der Waals surface area (Å²) in [6.45, 7) is 2.67. The molecule has 0 radical (unpaired) electrons. The highest BCUT2D eigenvalue weighted by atomic mass is 16.2. The highest BCUT2D eigenvalue weighted by Gasteiger charge is 2.30. The number of rotatable bonds is 5. The number of anilines is 4. The van der Waals surface area contributed by atoms with E-state index in [1.807, 2.05) is 78.6 Å². The molecule has 4 aromatic carbocycles. The number of hydrogen-bond acceptors (Lipinski definition) is 2. The van der Waals surface area contributed by atoms with Crippen LogP contribution >= 0.6 is 0 Å². The Morgan fingerprint density at radius 1 is 0.688 bits per heavy atom. The number of hydrogen-bond donors (Lipinski definition) is 0. The molecule has 0 bridgehead atoms. The second-order valence-corrected chi connectivity index (χ2v) is 7.72. The summed E-state index contributed by atoms with van der Waals surface area (Å²) in [6.07, 6.45) is 2.00. The average molecular weight is 417 g/mol. The standard InChI is InChI=1S/C29H24N2O/c1-2-30-28-16-10-9-15-26(28)27(29(30)32)21-22-17-19-25(20-18-22)31(23-11-5-3-6-12-23)24-13-7-4-8-14-24/h3-21H,2H2,1H3/b27-21-. The van der Waals surface area contributed by atoms with E-state index in [4.69, 9.17) is 0 Å². The van der Waals surface area contributed by atoms with Crippen LogP contribution in [0.25, 0.3) is 11.6 Å². The number of carbonyl (C=O) groups excluding carboxylic acids is 1. The van der Waals surface area contributed by atoms with Crippen molar-refractivity contribution in [1.29, 1.82) is 0 Å². The van der Waals surface area contributed by atoms with Gasteiger partial charge in [0.25, 0.3) is 5.91 Å². The fraction of sp³-hybridized carbons (Fsp3) is 0.0690. The van der Waals surface area contributed by atoms with Gasteiger partial charge in [-0.15, -0.1) is 0 Å². The van der Waals surface area contributed by atoms with Gasteiger partial charge in [0, 0.05) is 34.7 Å². The number of likely N-dealkylation sites (N-methyl/N-ethyl adjacent to an activating group) is 1. The topological polar surface area (TPSA) is 23.6 Å². The fourth-order valence-electron chi connectivity index (χ4n) is 4.25. The first kappa shape index (κ1) is 19.8. The molecule has 0 unspecified atom stereocenters. The van der Waals surface area contributed by atoms with Crippen molar-refractivity contribution >= 4 is 40.3 Å². The van der Waals surface area contributed by atoms with E-state index in [0.717, 1.165) is 39.4 Å². The Morgan fingerprint density at radius 2 is 1.22 bits per heavy atom. The van der Waals surface area contributed by atoms with E-state index >= 15 is 0 Å². The molecule has 0 aliphatic carbocycles. The van der Waals surface area contributed by atoms with Gasteiger partial charge < -0.3 is 9.80 Å². The van der Waals surface area contributed by atoms with Crippen molar-refractivity contribution < 1.29 is 4.79 Å². The molecule has 3 nitrogen and oxygen atoms in total. The molecule has 0 saturated heterocycles. The smallest absolute Gasteiger partial charge is 0.258 e. The molecular formula is C29H24N2O. The highest BCUT2D eigenvalue weighted by Crippen LogP contribution is 2.38. The number of carbonyl (C=O) groups is 1. The zero-order chi connectivity index (χ0) is 21.9. The molecule has 1 heterocycles. The Morgan fingerprint density at radius 3 is 1.81 bits per heavy atom. The van der Waals surface area contributed by atoms with Crippen molar-refractivity contribution in [2.75, 3.05) is 16.3 Å². The van der Waals surface area contributed by atoms with E-state index in [2.05, 4.69) is 53.4 Å². The molecule has 0 N–H and O–H groups in total. The van der Waals surface area contributed by atoms with Crippen LogP contribution in [0.1, 0.15) is 18.1 Å². The third-order valence-electron chi connectivity index (χ3n) is 5.77. The van der Waals surface area contributed by atoms with Crippen LogP contribution in [-0.4, -0.2) is 12.5 Å². The van der Waals surface area contributed by atoms with Crippen molar-refractivity contribution in [2.24, 2.45) is 0 Å². The maximum atomic E-state index is 13.0. The molecule has 1 aliphatic rings. The average Bonchev–Trinajstić information content (AvgIpc) is 3.12. The third-order valence-corrected chi connectivity index (χ3v) is 5.77. The van der Waals surface area contributed by atoms with Gasteiger partial charge in [-0.25, -0.2) is 0 Å². The Balaban J connectivity index is 1.52. The predicted octanol–water partition coefficient (Wildman–Crippen LogP) is 7.06. The lowest BCUT2D eigenvalue weighted by molar-refractivity contribution is -0.112.